The highest BCUT2D eigenvalue weighted by atomic mass is 16.5. The summed E-state index contributed by atoms with van der Waals surface area (Å²) in [6.07, 6.45) is 2.61. The van der Waals surface area contributed by atoms with Crippen LogP contribution < -0.4 is 10.6 Å². The van der Waals surface area contributed by atoms with Gasteiger partial charge in [-0.05, 0) is 25.8 Å². The number of carboxylic acids is 2. The van der Waals surface area contributed by atoms with Gasteiger partial charge in [0.1, 0.15) is 11.6 Å². The van der Waals surface area contributed by atoms with Gasteiger partial charge in [0.2, 0.25) is 0 Å². The zero-order chi connectivity index (χ0) is 14.3. The van der Waals surface area contributed by atoms with Crippen LogP contribution in [-0.4, -0.2) is 59.0 Å². The largest absolute Gasteiger partial charge is 0.481 e. The Bertz CT molecular complexity index is 429. The Morgan fingerprint density at radius 1 is 1.25 bits per heavy atom. The van der Waals surface area contributed by atoms with Crippen LogP contribution in [0.1, 0.15) is 25.7 Å². The first-order chi connectivity index (χ1) is 9.54. The highest BCUT2D eigenvalue weighted by Crippen LogP contribution is 2.46. The molecular formula is C13H20N2O5. The molecule has 3 fully saturated rings. The molecule has 3 heterocycles. The smallest absolute Gasteiger partial charge is 0.323 e. The van der Waals surface area contributed by atoms with Gasteiger partial charge >= 0.3 is 11.9 Å². The number of hydrogen-bond donors (Lipinski definition) is 4. The molecule has 0 saturated carbocycles. The van der Waals surface area contributed by atoms with E-state index in [9.17, 15) is 19.8 Å². The Labute approximate surface area is 116 Å². The second kappa shape index (κ2) is 4.98. The van der Waals surface area contributed by atoms with Crippen LogP contribution in [0.4, 0.5) is 0 Å². The summed E-state index contributed by atoms with van der Waals surface area (Å²) in [4.78, 5) is 22.7. The number of ether oxygens (including phenoxy) is 1. The lowest BCUT2D eigenvalue weighted by Crippen LogP contribution is -2.52. The SMILES string of the molecule is O=C(O)C[C@@]12O[C@H]3CCCCN[C@H]3[C@@H]1CN[C@H]2C(=O)O. The van der Waals surface area contributed by atoms with Crippen molar-refractivity contribution in [2.24, 2.45) is 5.92 Å². The normalized spacial score (nSPS) is 43.6. The van der Waals surface area contributed by atoms with E-state index in [2.05, 4.69) is 10.6 Å². The van der Waals surface area contributed by atoms with E-state index in [1.54, 1.807) is 0 Å². The van der Waals surface area contributed by atoms with Gasteiger partial charge in [0, 0.05) is 18.5 Å². The summed E-state index contributed by atoms with van der Waals surface area (Å²) in [5.41, 5.74) is -1.13. The van der Waals surface area contributed by atoms with Crippen molar-refractivity contribution in [1.29, 1.82) is 0 Å². The minimum absolute atomic E-state index is 0.0497. The van der Waals surface area contributed by atoms with E-state index in [0.29, 0.717) is 6.54 Å². The van der Waals surface area contributed by atoms with E-state index in [-0.39, 0.29) is 24.5 Å². The molecule has 0 bridgehead atoms. The number of carbonyl (C=O) groups is 2. The summed E-state index contributed by atoms with van der Waals surface area (Å²) in [6, 6.07) is -0.897. The summed E-state index contributed by atoms with van der Waals surface area (Å²) in [5, 5.41) is 24.9. The Balaban J connectivity index is 1.93. The standard InChI is InChI=1S/C13H20N2O5/c16-9(17)5-13-7(6-15-11(13)12(18)19)10-8(20-13)3-1-2-4-14-10/h7-8,10-11,14-15H,1-6H2,(H,16,17)(H,18,19)/t7-,8-,10-,11-,13+/m0/s1. The Morgan fingerprint density at radius 2 is 2.05 bits per heavy atom. The zero-order valence-electron chi connectivity index (χ0n) is 11.2. The van der Waals surface area contributed by atoms with E-state index >= 15 is 0 Å². The molecule has 0 spiro atoms. The predicted molar refractivity (Wildman–Crippen MR) is 68.4 cm³/mol. The minimum atomic E-state index is -1.13. The molecule has 0 aliphatic carbocycles. The van der Waals surface area contributed by atoms with Gasteiger partial charge in [0.25, 0.3) is 0 Å². The molecule has 3 saturated heterocycles. The molecule has 0 aromatic heterocycles. The van der Waals surface area contributed by atoms with E-state index in [1.165, 1.54) is 0 Å². The molecule has 0 aromatic rings. The maximum atomic E-state index is 11.4. The predicted octanol–water partition coefficient (Wildman–Crippen LogP) is -0.587. The molecule has 20 heavy (non-hydrogen) atoms. The molecule has 0 radical (unpaired) electrons. The zero-order valence-corrected chi connectivity index (χ0v) is 11.2. The molecule has 0 aromatic carbocycles. The molecule has 7 heteroatoms. The third-order valence-corrected chi connectivity index (χ3v) is 4.83. The van der Waals surface area contributed by atoms with Crippen molar-refractivity contribution in [1.82, 2.24) is 10.6 Å². The number of aliphatic carboxylic acids is 2. The first kappa shape index (κ1) is 13.8. The van der Waals surface area contributed by atoms with Gasteiger partial charge < -0.3 is 25.6 Å². The van der Waals surface area contributed by atoms with Gasteiger partial charge in [-0.15, -0.1) is 0 Å². The fraction of sp³-hybridized carbons (Fsp3) is 0.846. The molecule has 4 N–H and O–H groups in total. The maximum absolute atomic E-state index is 11.4. The van der Waals surface area contributed by atoms with Crippen molar-refractivity contribution in [3.63, 3.8) is 0 Å². The number of nitrogens with one attached hydrogen (secondary N) is 2. The van der Waals surface area contributed by atoms with Crippen molar-refractivity contribution >= 4 is 11.9 Å². The van der Waals surface area contributed by atoms with E-state index in [4.69, 9.17) is 4.74 Å². The molecule has 5 atom stereocenters. The number of rotatable bonds is 3. The van der Waals surface area contributed by atoms with Gasteiger partial charge in [-0.25, -0.2) is 0 Å². The van der Waals surface area contributed by atoms with Gasteiger partial charge in [-0.3, -0.25) is 9.59 Å². The van der Waals surface area contributed by atoms with E-state index in [0.717, 1.165) is 25.8 Å². The number of hydrogen-bond acceptors (Lipinski definition) is 5. The first-order valence-electron chi connectivity index (χ1n) is 7.14. The molecule has 3 rings (SSSR count). The summed E-state index contributed by atoms with van der Waals surface area (Å²) < 4.78 is 6.06. The topological polar surface area (TPSA) is 108 Å². The molecule has 3 aliphatic rings. The molecule has 3 aliphatic heterocycles. The summed E-state index contributed by atoms with van der Waals surface area (Å²) in [7, 11) is 0. The lowest BCUT2D eigenvalue weighted by molar-refractivity contribution is -0.156. The molecule has 7 nitrogen and oxygen atoms in total. The fourth-order valence-electron chi connectivity index (χ4n) is 4.06. The quantitative estimate of drug-likeness (QED) is 0.549. The lowest BCUT2D eigenvalue weighted by Gasteiger charge is -2.31. The first-order valence-corrected chi connectivity index (χ1v) is 7.14. The third kappa shape index (κ3) is 2.01. The highest BCUT2D eigenvalue weighted by Gasteiger charge is 2.64. The summed E-state index contributed by atoms with van der Waals surface area (Å²) in [5.74, 6) is -2.16. The van der Waals surface area contributed by atoms with Gasteiger partial charge in [0.15, 0.2) is 0 Å². The van der Waals surface area contributed by atoms with E-state index < -0.39 is 23.6 Å². The minimum Gasteiger partial charge on any atom is -0.481 e. The van der Waals surface area contributed by atoms with Crippen LogP contribution in [0.15, 0.2) is 0 Å². The molecule has 0 amide bonds. The molecular weight excluding hydrogens is 264 g/mol. The van der Waals surface area contributed by atoms with Gasteiger partial charge in [-0.2, -0.15) is 0 Å². The van der Waals surface area contributed by atoms with Crippen LogP contribution in [0.2, 0.25) is 0 Å². The van der Waals surface area contributed by atoms with Crippen molar-refractivity contribution in [3.05, 3.63) is 0 Å². The van der Waals surface area contributed by atoms with Crippen LogP contribution in [-0.2, 0) is 14.3 Å². The Morgan fingerprint density at radius 3 is 2.75 bits per heavy atom. The number of carboxylic acid groups (broad SMARTS) is 2. The highest BCUT2D eigenvalue weighted by molar-refractivity contribution is 5.79. The monoisotopic (exact) mass is 284 g/mol. The number of fused-ring (bicyclic) bond motifs is 3. The van der Waals surface area contributed by atoms with Crippen LogP contribution >= 0.6 is 0 Å². The van der Waals surface area contributed by atoms with Crippen LogP contribution in [0.3, 0.4) is 0 Å². The van der Waals surface area contributed by atoms with Gasteiger partial charge in [-0.1, -0.05) is 0 Å². The average Bonchev–Trinajstić information content (AvgIpc) is 2.72. The molecule has 112 valence electrons. The van der Waals surface area contributed by atoms with Crippen molar-refractivity contribution < 1.29 is 24.5 Å². The Hall–Kier alpha value is -1.18. The summed E-state index contributed by atoms with van der Waals surface area (Å²) >= 11 is 0. The average molecular weight is 284 g/mol. The maximum Gasteiger partial charge on any atom is 0.323 e. The second-order valence-corrected chi connectivity index (χ2v) is 5.94. The van der Waals surface area contributed by atoms with Crippen molar-refractivity contribution in [2.45, 2.75) is 49.5 Å². The molecule has 0 unspecified atom stereocenters. The third-order valence-electron chi connectivity index (χ3n) is 4.83. The lowest BCUT2D eigenvalue weighted by atomic mass is 9.80. The summed E-state index contributed by atoms with van der Waals surface area (Å²) in [6.45, 7) is 1.36. The van der Waals surface area contributed by atoms with Gasteiger partial charge in [0.05, 0.1) is 12.5 Å². The van der Waals surface area contributed by atoms with Crippen LogP contribution in [0.25, 0.3) is 0 Å². The van der Waals surface area contributed by atoms with E-state index in [1.807, 2.05) is 0 Å². The fourth-order valence-corrected chi connectivity index (χ4v) is 4.06. The van der Waals surface area contributed by atoms with Crippen molar-refractivity contribution in [3.8, 4) is 0 Å². The van der Waals surface area contributed by atoms with Crippen LogP contribution in [0, 0.1) is 5.92 Å². The van der Waals surface area contributed by atoms with Crippen LogP contribution in [0.5, 0.6) is 0 Å². The van der Waals surface area contributed by atoms with Crippen molar-refractivity contribution in [2.75, 3.05) is 13.1 Å². The Kier molecular flexibility index (Phi) is 3.43. The second-order valence-electron chi connectivity index (χ2n) is 5.94.